The second kappa shape index (κ2) is 6.35. The maximum Gasteiger partial charge on any atom is 0.225 e. The molecule has 0 bridgehead atoms. The van der Waals surface area contributed by atoms with E-state index < -0.39 is 5.60 Å². The fraction of sp³-hybridized carbons (Fsp3) is 0.625. The van der Waals surface area contributed by atoms with Gasteiger partial charge in [0.2, 0.25) is 5.91 Å². The van der Waals surface area contributed by atoms with Crippen LogP contribution in [0.3, 0.4) is 0 Å². The minimum Gasteiger partial charge on any atom is -0.389 e. The molecule has 4 nitrogen and oxygen atoms in total. The fourth-order valence-corrected chi connectivity index (χ4v) is 2.83. The second-order valence-corrected chi connectivity index (χ2v) is 5.90. The molecule has 20 heavy (non-hydrogen) atoms. The monoisotopic (exact) mass is 276 g/mol. The molecule has 1 unspecified atom stereocenters. The van der Waals surface area contributed by atoms with Gasteiger partial charge in [-0.1, -0.05) is 25.3 Å². The van der Waals surface area contributed by atoms with Gasteiger partial charge in [0.1, 0.15) is 0 Å². The van der Waals surface area contributed by atoms with Crippen LogP contribution in [0.25, 0.3) is 0 Å². The van der Waals surface area contributed by atoms with Crippen molar-refractivity contribution in [3.63, 3.8) is 0 Å². The van der Waals surface area contributed by atoms with Gasteiger partial charge >= 0.3 is 0 Å². The van der Waals surface area contributed by atoms with Crippen LogP contribution >= 0.6 is 0 Å². The van der Waals surface area contributed by atoms with Gasteiger partial charge in [0.25, 0.3) is 0 Å². The van der Waals surface area contributed by atoms with Gasteiger partial charge < -0.3 is 10.0 Å². The molecule has 0 spiro atoms. The number of amides is 1. The summed E-state index contributed by atoms with van der Waals surface area (Å²) in [6.07, 6.45) is 6.64. The molecule has 1 aliphatic carbocycles. The van der Waals surface area contributed by atoms with Crippen molar-refractivity contribution in [3.8, 4) is 0 Å². The molecule has 2 rings (SSSR count). The van der Waals surface area contributed by atoms with E-state index in [9.17, 15) is 9.90 Å². The summed E-state index contributed by atoms with van der Waals surface area (Å²) in [4.78, 5) is 18.3. The zero-order chi connectivity index (χ0) is 14.6. The van der Waals surface area contributed by atoms with Crippen molar-refractivity contribution in [1.82, 2.24) is 9.88 Å². The smallest absolute Gasteiger partial charge is 0.225 e. The van der Waals surface area contributed by atoms with Crippen molar-refractivity contribution in [2.45, 2.75) is 57.1 Å². The molecule has 4 heteroatoms. The molecule has 1 aromatic rings. The molecule has 1 aliphatic rings. The zero-order valence-electron chi connectivity index (χ0n) is 12.4. The van der Waals surface area contributed by atoms with Crippen molar-refractivity contribution >= 4 is 5.91 Å². The SMILES string of the molecule is CC(c1ccccn1)N(C)C(=O)CC1(O)CCCCC1. The van der Waals surface area contributed by atoms with Crippen LogP contribution in [0.15, 0.2) is 24.4 Å². The number of rotatable bonds is 4. The van der Waals surface area contributed by atoms with Crippen molar-refractivity contribution in [1.29, 1.82) is 0 Å². The Labute approximate surface area is 120 Å². The maximum absolute atomic E-state index is 12.4. The van der Waals surface area contributed by atoms with Gasteiger partial charge in [-0.25, -0.2) is 0 Å². The number of nitrogens with zero attached hydrogens (tertiary/aromatic N) is 2. The van der Waals surface area contributed by atoms with Gasteiger partial charge in [-0.2, -0.15) is 0 Å². The molecule has 1 atom stereocenters. The first kappa shape index (κ1) is 15.0. The van der Waals surface area contributed by atoms with E-state index in [1.54, 1.807) is 18.1 Å². The molecule has 1 amide bonds. The van der Waals surface area contributed by atoms with E-state index in [0.29, 0.717) is 0 Å². The summed E-state index contributed by atoms with van der Waals surface area (Å²) >= 11 is 0. The summed E-state index contributed by atoms with van der Waals surface area (Å²) in [6.45, 7) is 1.96. The van der Waals surface area contributed by atoms with Gasteiger partial charge in [-0.15, -0.1) is 0 Å². The Kier molecular flexibility index (Phi) is 4.76. The lowest BCUT2D eigenvalue weighted by atomic mass is 9.82. The van der Waals surface area contributed by atoms with E-state index in [4.69, 9.17) is 0 Å². The summed E-state index contributed by atoms with van der Waals surface area (Å²) in [5, 5.41) is 10.5. The van der Waals surface area contributed by atoms with Crippen molar-refractivity contribution in [2.24, 2.45) is 0 Å². The van der Waals surface area contributed by atoms with E-state index >= 15 is 0 Å². The molecule has 1 fully saturated rings. The Morgan fingerprint density at radius 1 is 1.40 bits per heavy atom. The van der Waals surface area contributed by atoms with Crippen LogP contribution in [0.2, 0.25) is 0 Å². The van der Waals surface area contributed by atoms with E-state index in [-0.39, 0.29) is 18.4 Å². The summed E-state index contributed by atoms with van der Waals surface area (Å²) in [6, 6.07) is 5.63. The van der Waals surface area contributed by atoms with Crippen LogP contribution in [0, 0.1) is 0 Å². The van der Waals surface area contributed by atoms with Crippen molar-refractivity contribution < 1.29 is 9.90 Å². The van der Waals surface area contributed by atoms with Crippen LogP contribution in [-0.2, 0) is 4.79 Å². The first-order chi connectivity index (χ1) is 9.52. The minimum atomic E-state index is -0.798. The summed E-state index contributed by atoms with van der Waals surface area (Å²) in [7, 11) is 1.79. The molecular weight excluding hydrogens is 252 g/mol. The first-order valence-electron chi connectivity index (χ1n) is 7.41. The number of hydrogen-bond acceptors (Lipinski definition) is 3. The summed E-state index contributed by atoms with van der Waals surface area (Å²) in [5.74, 6) is -0.00690. The number of aliphatic hydroxyl groups is 1. The molecule has 1 heterocycles. The first-order valence-corrected chi connectivity index (χ1v) is 7.41. The highest BCUT2D eigenvalue weighted by atomic mass is 16.3. The highest BCUT2D eigenvalue weighted by Gasteiger charge is 2.33. The average Bonchev–Trinajstić information content (AvgIpc) is 2.47. The van der Waals surface area contributed by atoms with Crippen molar-refractivity contribution in [2.75, 3.05) is 7.05 Å². The molecule has 1 saturated carbocycles. The van der Waals surface area contributed by atoms with Gasteiger partial charge in [-0.05, 0) is 31.9 Å². The van der Waals surface area contributed by atoms with E-state index in [0.717, 1.165) is 37.8 Å². The number of carbonyl (C=O) groups excluding carboxylic acids is 1. The molecule has 0 aliphatic heterocycles. The van der Waals surface area contributed by atoms with Gasteiger partial charge in [0.15, 0.2) is 0 Å². The standard InChI is InChI=1S/C16H24N2O2/c1-13(14-8-4-7-11-17-14)18(2)15(19)12-16(20)9-5-3-6-10-16/h4,7-8,11,13,20H,3,5-6,9-10,12H2,1-2H3. The quantitative estimate of drug-likeness (QED) is 0.920. The topological polar surface area (TPSA) is 53.4 Å². The third-order valence-corrected chi connectivity index (χ3v) is 4.35. The van der Waals surface area contributed by atoms with E-state index in [2.05, 4.69) is 4.98 Å². The van der Waals surface area contributed by atoms with E-state index in [1.165, 1.54) is 0 Å². The van der Waals surface area contributed by atoms with E-state index in [1.807, 2.05) is 25.1 Å². The predicted molar refractivity (Wildman–Crippen MR) is 78.1 cm³/mol. The highest BCUT2D eigenvalue weighted by molar-refractivity contribution is 5.77. The third-order valence-electron chi connectivity index (χ3n) is 4.35. The number of carbonyl (C=O) groups is 1. The minimum absolute atomic E-state index is 0.00690. The fourth-order valence-electron chi connectivity index (χ4n) is 2.83. The molecular formula is C16H24N2O2. The average molecular weight is 276 g/mol. The Balaban J connectivity index is 1.98. The van der Waals surface area contributed by atoms with Crippen LogP contribution < -0.4 is 0 Å². The van der Waals surface area contributed by atoms with Crippen LogP contribution in [-0.4, -0.2) is 33.5 Å². The number of aromatic nitrogens is 1. The molecule has 110 valence electrons. The zero-order valence-corrected chi connectivity index (χ0v) is 12.4. The Morgan fingerprint density at radius 3 is 2.70 bits per heavy atom. The summed E-state index contributed by atoms with van der Waals surface area (Å²) in [5.41, 5.74) is 0.0759. The van der Waals surface area contributed by atoms with Crippen LogP contribution in [0.5, 0.6) is 0 Å². The molecule has 0 radical (unpaired) electrons. The lowest BCUT2D eigenvalue weighted by Gasteiger charge is -2.34. The van der Waals surface area contributed by atoms with Gasteiger partial charge in [0, 0.05) is 13.2 Å². The normalized spacial score (nSPS) is 19.4. The predicted octanol–water partition coefficient (Wildman–Crippen LogP) is 2.69. The second-order valence-electron chi connectivity index (χ2n) is 5.90. The van der Waals surface area contributed by atoms with Gasteiger partial charge in [0.05, 0.1) is 23.8 Å². The number of pyridine rings is 1. The van der Waals surface area contributed by atoms with Crippen LogP contribution in [0.1, 0.15) is 57.2 Å². The lowest BCUT2D eigenvalue weighted by molar-refractivity contribution is -0.138. The van der Waals surface area contributed by atoms with Gasteiger partial charge in [-0.3, -0.25) is 9.78 Å². The largest absolute Gasteiger partial charge is 0.389 e. The summed E-state index contributed by atoms with van der Waals surface area (Å²) < 4.78 is 0. The Bertz CT molecular complexity index is 441. The third kappa shape index (κ3) is 3.57. The highest BCUT2D eigenvalue weighted by Crippen LogP contribution is 2.32. The molecule has 0 saturated heterocycles. The van der Waals surface area contributed by atoms with Crippen molar-refractivity contribution in [3.05, 3.63) is 30.1 Å². The molecule has 1 aromatic heterocycles. The molecule has 0 aromatic carbocycles. The Morgan fingerprint density at radius 2 is 2.10 bits per heavy atom. The molecule has 1 N–H and O–H groups in total. The lowest BCUT2D eigenvalue weighted by Crippen LogP contribution is -2.40. The number of hydrogen-bond donors (Lipinski definition) is 1. The Hall–Kier alpha value is -1.42. The van der Waals surface area contributed by atoms with Crippen LogP contribution in [0.4, 0.5) is 0 Å². The maximum atomic E-state index is 12.4.